The van der Waals surface area contributed by atoms with Crippen LogP contribution >= 0.6 is 25.3 Å². The molecule has 2 unspecified atom stereocenters. The summed E-state index contributed by atoms with van der Waals surface area (Å²) >= 11 is 9.25. The van der Waals surface area contributed by atoms with Crippen LogP contribution in [0.15, 0.2) is 42.5 Å². The van der Waals surface area contributed by atoms with Crippen LogP contribution in [0.3, 0.4) is 0 Å². The van der Waals surface area contributed by atoms with Gasteiger partial charge in [-0.05, 0) is 29.3 Å². The second-order valence-corrected chi connectivity index (χ2v) is 5.54. The number of nitriles is 1. The molecule has 2 nitrogen and oxygen atoms in total. The van der Waals surface area contributed by atoms with Gasteiger partial charge in [0, 0.05) is 5.69 Å². The molecule has 1 heterocycles. The van der Waals surface area contributed by atoms with Crippen molar-refractivity contribution in [1.29, 1.82) is 5.26 Å². The lowest BCUT2D eigenvalue weighted by Crippen LogP contribution is -2.20. The van der Waals surface area contributed by atoms with E-state index in [9.17, 15) is 4.39 Å². The average Bonchev–Trinajstić information content (AvgIpc) is 2.72. The third kappa shape index (κ3) is 1.96. The molecule has 0 N–H and O–H groups in total. The number of nitrogens with zero attached hydrogens (tertiary/aromatic N) is 2. The lowest BCUT2D eigenvalue weighted by atomic mass is 10.1. The van der Waals surface area contributed by atoms with E-state index in [0.29, 0.717) is 0 Å². The standard InChI is InChI=1S/C15H11FN2S2/c16-13-6-5-10(7-9(13)8-17)18-14(19)11-3-1-2-4-12(11)15(18)20/h1-7,14-15,19-20H. The first kappa shape index (κ1) is 13.3. The molecule has 0 bridgehead atoms. The first-order valence-electron chi connectivity index (χ1n) is 6.06. The van der Waals surface area contributed by atoms with Gasteiger partial charge in [-0.3, -0.25) is 0 Å². The van der Waals surface area contributed by atoms with Gasteiger partial charge in [0.15, 0.2) is 0 Å². The third-order valence-electron chi connectivity index (χ3n) is 3.45. The van der Waals surface area contributed by atoms with Crippen LogP contribution in [-0.2, 0) is 0 Å². The summed E-state index contributed by atoms with van der Waals surface area (Å²) in [4.78, 5) is 1.96. The van der Waals surface area contributed by atoms with E-state index in [1.54, 1.807) is 6.07 Å². The molecule has 5 heteroatoms. The van der Waals surface area contributed by atoms with Crippen LogP contribution in [-0.4, -0.2) is 0 Å². The predicted molar refractivity (Wildman–Crippen MR) is 83.5 cm³/mol. The largest absolute Gasteiger partial charge is 0.340 e. The summed E-state index contributed by atoms with van der Waals surface area (Å²) in [6, 6.07) is 14.3. The van der Waals surface area contributed by atoms with Crippen LogP contribution < -0.4 is 4.90 Å². The Kier molecular flexibility index (Phi) is 3.36. The van der Waals surface area contributed by atoms with Gasteiger partial charge in [-0.2, -0.15) is 5.26 Å². The number of hydrogen-bond donors (Lipinski definition) is 2. The minimum atomic E-state index is -0.514. The maximum atomic E-state index is 13.4. The van der Waals surface area contributed by atoms with Crippen molar-refractivity contribution in [3.63, 3.8) is 0 Å². The molecular formula is C15H11FN2S2. The normalized spacial score (nSPS) is 20.6. The zero-order chi connectivity index (χ0) is 14.3. The molecule has 0 aliphatic carbocycles. The van der Waals surface area contributed by atoms with E-state index in [0.717, 1.165) is 16.8 Å². The summed E-state index contributed by atoms with van der Waals surface area (Å²) in [5, 5.41) is 8.62. The summed E-state index contributed by atoms with van der Waals surface area (Å²) in [6.07, 6.45) is 0. The fourth-order valence-corrected chi connectivity index (χ4v) is 3.57. The lowest BCUT2D eigenvalue weighted by Gasteiger charge is -2.28. The Bertz CT molecular complexity index is 682. The van der Waals surface area contributed by atoms with Gasteiger partial charge in [0.25, 0.3) is 0 Å². The van der Waals surface area contributed by atoms with Crippen LogP contribution in [0.5, 0.6) is 0 Å². The van der Waals surface area contributed by atoms with Crippen molar-refractivity contribution in [2.75, 3.05) is 4.90 Å². The highest BCUT2D eigenvalue weighted by atomic mass is 32.1. The third-order valence-corrected chi connectivity index (χ3v) is 4.50. The Morgan fingerprint density at radius 2 is 1.65 bits per heavy atom. The molecule has 0 aromatic heterocycles. The molecule has 2 aromatic rings. The molecule has 0 fully saturated rings. The minimum Gasteiger partial charge on any atom is -0.340 e. The highest BCUT2D eigenvalue weighted by Crippen LogP contribution is 2.48. The molecule has 2 aromatic carbocycles. The predicted octanol–water partition coefficient (Wildman–Crippen LogP) is 4.07. The van der Waals surface area contributed by atoms with Gasteiger partial charge in [0.2, 0.25) is 0 Å². The number of halogens is 1. The van der Waals surface area contributed by atoms with Crippen LogP contribution in [0.1, 0.15) is 27.4 Å². The second kappa shape index (κ2) is 5.04. The Morgan fingerprint density at radius 1 is 1.05 bits per heavy atom. The van der Waals surface area contributed by atoms with E-state index in [-0.39, 0.29) is 16.3 Å². The van der Waals surface area contributed by atoms with Crippen molar-refractivity contribution >= 4 is 30.9 Å². The molecule has 20 heavy (non-hydrogen) atoms. The van der Waals surface area contributed by atoms with Gasteiger partial charge in [0.1, 0.15) is 11.9 Å². The van der Waals surface area contributed by atoms with Crippen molar-refractivity contribution in [2.45, 2.75) is 10.7 Å². The molecule has 3 rings (SSSR count). The molecule has 1 aliphatic heterocycles. The number of thiol groups is 2. The molecular weight excluding hydrogens is 291 g/mol. The lowest BCUT2D eigenvalue weighted by molar-refractivity contribution is 0.623. The molecule has 0 saturated heterocycles. The Morgan fingerprint density at radius 3 is 2.20 bits per heavy atom. The highest BCUT2D eigenvalue weighted by Gasteiger charge is 2.34. The maximum absolute atomic E-state index is 13.4. The monoisotopic (exact) mass is 302 g/mol. The molecule has 100 valence electrons. The average molecular weight is 302 g/mol. The molecule has 0 radical (unpaired) electrons. The number of fused-ring (bicyclic) bond motifs is 1. The molecule has 0 amide bonds. The van der Waals surface area contributed by atoms with Crippen molar-refractivity contribution in [3.05, 3.63) is 65.0 Å². The van der Waals surface area contributed by atoms with E-state index >= 15 is 0 Å². The molecule has 1 aliphatic rings. The van der Waals surface area contributed by atoms with Crippen molar-refractivity contribution in [1.82, 2.24) is 0 Å². The number of benzene rings is 2. The molecule has 0 saturated carbocycles. The first-order chi connectivity index (χ1) is 9.63. The number of anilines is 1. The molecule has 2 atom stereocenters. The maximum Gasteiger partial charge on any atom is 0.141 e. The van der Waals surface area contributed by atoms with E-state index in [4.69, 9.17) is 5.26 Å². The number of rotatable bonds is 1. The van der Waals surface area contributed by atoms with Crippen LogP contribution in [0.2, 0.25) is 0 Å². The van der Waals surface area contributed by atoms with Crippen molar-refractivity contribution < 1.29 is 4.39 Å². The highest BCUT2D eigenvalue weighted by molar-refractivity contribution is 7.82. The summed E-state index contributed by atoms with van der Waals surface area (Å²) in [6.45, 7) is 0. The van der Waals surface area contributed by atoms with Gasteiger partial charge >= 0.3 is 0 Å². The van der Waals surface area contributed by atoms with Gasteiger partial charge in [0.05, 0.1) is 16.3 Å². The number of hydrogen-bond acceptors (Lipinski definition) is 4. The zero-order valence-corrected chi connectivity index (χ0v) is 12.2. The quantitative estimate of drug-likeness (QED) is 0.777. The van der Waals surface area contributed by atoms with Crippen LogP contribution in [0, 0.1) is 17.1 Å². The smallest absolute Gasteiger partial charge is 0.141 e. The van der Waals surface area contributed by atoms with E-state index in [1.165, 1.54) is 12.1 Å². The summed E-state index contributed by atoms with van der Waals surface area (Å²) in [7, 11) is 0. The van der Waals surface area contributed by atoms with Gasteiger partial charge in [-0.15, -0.1) is 25.3 Å². The van der Waals surface area contributed by atoms with Crippen LogP contribution in [0.25, 0.3) is 0 Å². The fourth-order valence-electron chi connectivity index (χ4n) is 2.46. The van der Waals surface area contributed by atoms with E-state index < -0.39 is 5.82 Å². The van der Waals surface area contributed by atoms with Crippen molar-refractivity contribution in [2.24, 2.45) is 0 Å². The van der Waals surface area contributed by atoms with E-state index in [2.05, 4.69) is 25.3 Å². The minimum absolute atomic E-state index is 0.0273. The van der Waals surface area contributed by atoms with Gasteiger partial charge in [-0.1, -0.05) is 24.3 Å². The fraction of sp³-hybridized carbons (Fsp3) is 0.133. The van der Waals surface area contributed by atoms with Gasteiger partial charge in [-0.25, -0.2) is 4.39 Å². The molecule has 0 spiro atoms. The summed E-state index contributed by atoms with van der Waals surface area (Å²) in [5.41, 5.74) is 2.93. The van der Waals surface area contributed by atoms with Crippen LogP contribution in [0.4, 0.5) is 10.1 Å². The Hall–Kier alpha value is -1.64. The second-order valence-electron chi connectivity index (χ2n) is 4.56. The van der Waals surface area contributed by atoms with Crippen molar-refractivity contribution in [3.8, 4) is 6.07 Å². The topological polar surface area (TPSA) is 27.0 Å². The Balaban J connectivity index is 2.07. The SMILES string of the molecule is N#Cc1cc(N2C(S)c3ccccc3C2S)ccc1F. The first-order valence-corrected chi connectivity index (χ1v) is 7.09. The van der Waals surface area contributed by atoms with Gasteiger partial charge < -0.3 is 4.90 Å². The Labute approximate surface area is 127 Å². The summed E-state index contributed by atoms with van der Waals surface area (Å²) < 4.78 is 13.4. The summed E-state index contributed by atoms with van der Waals surface area (Å²) in [5.74, 6) is -0.514. The van der Waals surface area contributed by atoms with E-state index in [1.807, 2.05) is 35.2 Å². The zero-order valence-electron chi connectivity index (χ0n) is 10.4.